The van der Waals surface area contributed by atoms with E-state index in [0.717, 1.165) is 0 Å². The van der Waals surface area contributed by atoms with Crippen LogP contribution in [-0.4, -0.2) is 18.3 Å². The second-order valence-corrected chi connectivity index (χ2v) is 8.92. The molecule has 0 bridgehead atoms. The summed E-state index contributed by atoms with van der Waals surface area (Å²) in [5.74, 6) is -1.54. The normalized spacial score (nSPS) is 16.2. The Morgan fingerprint density at radius 1 is 1.03 bits per heavy atom. The summed E-state index contributed by atoms with van der Waals surface area (Å²) in [5.41, 5.74) is 6.26. The summed E-state index contributed by atoms with van der Waals surface area (Å²) in [4.78, 5) is 14.5. The zero-order valence-corrected chi connectivity index (χ0v) is 17.8. The van der Waals surface area contributed by atoms with E-state index < -0.39 is 20.7 Å². The van der Waals surface area contributed by atoms with Crippen LogP contribution in [0.1, 0.15) is 17.2 Å². The van der Waals surface area contributed by atoms with Gasteiger partial charge in [-0.2, -0.15) is 5.26 Å². The lowest BCUT2D eigenvalue weighted by molar-refractivity contribution is -0.384. The number of nitro benzene ring substituents is 1. The SMILES string of the molecule is N#CC1=C(N)OC(c2ccccn2)=C(S(=O)(=O)c2ccccc2)C1c1ccc([N+](=O)[O-])cc1. The molecule has 2 aromatic carbocycles. The van der Waals surface area contributed by atoms with Gasteiger partial charge in [-0.3, -0.25) is 15.1 Å². The van der Waals surface area contributed by atoms with Crippen LogP contribution in [0.15, 0.2) is 100 Å². The van der Waals surface area contributed by atoms with Crippen molar-refractivity contribution in [2.75, 3.05) is 0 Å². The first-order valence-electron chi connectivity index (χ1n) is 9.62. The van der Waals surface area contributed by atoms with E-state index in [1.54, 1.807) is 36.4 Å². The van der Waals surface area contributed by atoms with Crippen LogP contribution >= 0.6 is 0 Å². The number of sulfone groups is 1. The van der Waals surface area contributed by atoms with Crippen LogP contribution in [0.25, 0.3) is 5.76 Å². The van der Waals surface area contributed by atoms with Gasteiger partial charge >= 0.3 is 0 Å². The number of nitro groups is 1. The maximum absolute atomic E-state index is 13.9. The summed E-state index contributed by atoms with van der Waals surface area (Å²) in [7, 11) is -4.21. The summed E-state index contributed by atoms with van der Waals surface area (Å²) in [5, 5.41) is 20.9. The van der Waals surface area contributed by atoms with Crippen molar-refractivity contribution in [3.05, 3.63) is 117 Å². The zero-order chi connectivity index (χ0) is 23.6. The third-order valence-electron chi connectivity index (χ3n) is 5.05. The largest absolute Gasteiger partial charge is 0.437 e. The Bertz CT molecular complexity index is 1430. The van der Waals surface area contributed by atoms with Gasteiger partial charge in [-0.05, 0) is 29.8 Å². The average molecular weight is 460 g/mol. The van der Waals surface area contributed by atoms with Gasteiger partial charge in [0.05, 0.1) is 15.7 Å². The molecule has 1 aliphatic heterocycles. The van der Waals surface area contributed by atoms with Gasteiger partial charge in [-0.1, -0.05) is 36.4 Å². The molecular weight excluding hydrogens is 444 g/mol. The molecule has 1 aromatic heterocycles. The Balaban J connectivity index is 2.04. The minimum absolute atomic E-state index is 0.0123. The Morgan fingerprint density at radius 3 is 2.27 bits per heavy atom. The minimum Gasteiger partial charge on any atom is -0.437 e. The Kier molecular flexibility index (Phi) is 5.64. The van der Waals surface area contributed by atoms with Gasteiger partial charge in [0.2, 0.25) is 15.7 Å². The van der Waals surface area contributed by atoms with Crippen LogP contribution < -0.4 is 5.73 Å². The number of benzene rings is 2. The number of ether oxygens (including phenoxy) is 1. The number of hydrogen-bond donors (Lipinski definition) is 1. The van der Waals surface area contributed by atoms with E-state index in [9.17, 15) is 23.8 Å². The van der Waals surface area contributed by atoms with Crippen LogP contribution in [0.2, 0.25) is 0 Å². The first-order chi connectivity index (χ1) is 15.8. The molecule has 2 N–H and O–H groups in total. The number of nitrogens with zero attached hydrogens (tertiary/aromatic N) is 3. The highest BCUT2D eigenvalue weighted by Crippen LogP contribution is 2.46. The van der Waals surface area contributed by atoms with E-state index in [0.29, 0.717) is 5.56 Å². The second-order valence-electron chi connectivity index (χ2n) is 7.00. The molecule has 3 aromatic rings. The van der Waals surface area contributed by atoms with Gasteiger partial charge in [-0.15, -0.1) is 0 Å². The number of nitriles is 1. The smallest absolute Gasteiger partial charge is 0.269 e. The molecule has 4 rings (SSSR count). The molecule has 0 aliphatic carbocycles. The summed E-state index contributed by atoms with van der Waals surface area (Å²) < 4.78 is 33.4. The Hall–Kier alpha value is -4.49. The lowest BCUT2D eigenvalue weighted by Crippen LogP contribution is -2.25. The molecule has 1 atom stereocenters. The first kappa shape index (κ1) is 21.7. The van der Waals surface area contributed by atoms with Crippen molar-refractivity contribution in [2.45, 2.75) is 10.8 Å². The quantitative estimate of drug-likeness (QED) is 0.448. The average Bonchev–Trinajstić information content (AvgIpc) is 2.84. The lowest BCUT2D eigenvalue weighted by Gasteiger charge is -2.28. The number of allylic oxidation sites excluding steroid dienone is 2. The molecule has 0 fully saturated rings. The first-order valence-corrected chi connectivity index (χ1v) is 11.1. The van der Waals surface area contributed by atoms with Crippen molar-refractivity contribution in [3.63, 3.8) is 0 Å². The van der Waals surface area contributed by atoms with Crippen LogP contribution in [0.4, 0.5) is 5.69 Å². The van der Waals surface area contributed by atoms with E-state index in [1.807, 2.05) is 6.07 Å². The number of aromatic nitrogens is 1. The number of non-ortho nitro benzene ring substituents is 1. The molecule has 0 saturated carbocycles. The van der Waals surface area contributed by atoms with Gasteiger partial charge in [0.25, 0.3) is 5.69 Å². The predicted octanol–water partition coefficient (Wildman–Crippen LogP) is 3.64. The van der Waals surface area contributed by atoms with Crippen molar-refractivity contribution < 1.29 is 18.1 Å². The van der Waals surface area contributed by atoms with Gasteiger partial charge in [0.1, 0.15) is 22.2 Å². The van der Waals surface area contributed by atoms with E-state index in [2.05, 4.69) is 4.98 Å². The fourth-order valence-corrected chi connectivity index (χ4v) is 5.25. The van der Waals surface area contributed by atoms with Gasteiger partial charge in [-0.25, -0.2) is 8.42 Å². The number of pyridine rings is 1. The van der Waals surface area contributed by atoms with Crippen molar-refractivity contribution in [3.8, 4) is 6.07 Å². The highest BCUT2D eigenvalue weighted by atomic mass is 32.2. The fourth-order valence-electron chi connectivity index (χ4n) is 3.53. The van der Waals surface area contributed by atoms with Crippen molar-refractivity contribution in [1.82, 2.24) is 4.98 Å². The molecule has 164 valence electrons. The summed E-state index contributed by atoms with van der Waals surface area (Å²) in [6.45, 7) is 0. The molecule has 0 amide bonds. The molecule has 33 heavy (non-hydrogen) atoms. The molecule has 0 spiro atoms. The molecule has 1 aliphatic rings. The highest BCUT2D eigenvalue weighted by molar-refractivity contribution is 7.95. The monoisotopic (exact) mass is 460 g/mol. The lowest BCUT2D eigenvalue weighted by atomic mass is 9.89. The minimum atomic E-state index is -4.21. The second kappa shape index (κ2) is 8.57. The van der Waals surface area contributed by atoms with Crippen molar-refractivity contribution in [1.29, 1.82) is 5.26 Å². The highest BCUT2D eigenvalue weighted by Gasteiger charge is 2.41. The third kappa shape index (κ3) is 3.93. The fraction of sp³-hybridized carbons (Fsp3) is 0.0435. The number of nitrogens with two attached hydrogens (primary N) is 1. The topological polar surface area (TPSA) is 149 Å². The van der Waals surface area contributed by atoms with Crippen LogP contribution in [-0.2, 0) is 14.6 Å². The van der Waals surface area contributed by atoms with E-state index in [4.69, 9.17) is 10.5 Å². The molecule has 0 saturated heterocycles. The molecule has 2 heterocycles. The maximum atomic E-state index is 13.9. The standard InChI is InChI=1S/C23H16N4O5S/c24-14-18-20(15-9-11-16(12-10-15)27(28)29)22(33(30,31)17-6-2-1-3-7-17)21(32-23(18)25)19-8-4-5-13-26-19/h1-13,20H,25H2. The van der Waals surface area contributed by atoms with Crippen LogP contribution in [0.3, 0.4) is 0 Å². The zero-order valence-electron chi connectivity index (χ0n) is 17.0. The molecule has 9 nitrogen and oxygen atoms in total. The summed E-state index contributed by atoms with van der Waals surface area (Å²) in [6, 6.07) is 19.8. The van der Waals surface area contributed by atoms with E-state index >= 15 is 0 Å². The van der Waals surface area contributed by atoms with Gasteiger partial charge in [0.15, 0.2) is 5.76 Å². The molecular formula is C23H16N4O5S. The number of rotatable bonds is 5. The maximum Gasteiger partial charge on any atom is 0.269 e. The summed E-state index contributed by atoms with van der Waals surface area (Å²) in [6.07, 6.45) is 1.47. The Morgan fingerprint density at radius 2 is 1.70 bits per heavy atom. The molecule has 0 radical (unpaired) electrons. The van der Waals surface area contributed by atoms with Gasteiger partial charge in [0, 0.05) is 18.3 Å². The van der Waals surface area contributed by atoms with Crippen LogP contribution in [0, 0.1) is 21.4 Å². The van der Waals surface area contributed by atoms with Crippen LogP contribution in [0.5, 0.6) is 0 Å². The van der Waals surface area contributed by atoms with E-state index in [-0.39, 0.29) is 38.4 Å². The van der Waals surface area contributed by atoms with Crippen molar-refractivity contribution >= 4 is 21.3 Å². The van der Waals surface area contributed by atoms with Gasteiger partial charge < -0.3 is 10.5 Å². The number of hydrogen-bond acceptors (Lipinski definition) is 8. The molecule has 1 unspecified atom stereocenters. The van der Waals surface area contributed by atoms with E-state index in [1.165, 1.54) is 42.6 Å². The summed E-state index contributed by atoms with van der Waals surface area (Å²) >= 11 is 0. The Labute approximate surface area is 189 Å². The predicted molar refractivity (Wildman–Crippen MR) is 119 cm³/mol. The third-order valence-corrected chi connectivity index (χ3v) is 6.94. The molecule has 10 heteroatoms. The van der Waals surface area contributed by atoms with Crippen molar-refractivity contribution in [2.24, 2.45) is 5.73 Å².